The van der Waals surface area contributed by atoms with Gasteiger partial charge in [0.05, 0.1) is 6.54 Å². The summed E-state index contributed by atoms with van der Waals surface area (Å²) in [5.41, 5.74) is 0. The molecule has 0 spiro atoms. The van der Waals surface area contributed by atoms with E-state index < -0.39 is 0 Å². The Kier molecular flexibility index (Phi) is 5.50. The summed E-state index contributed by atoms with van der Waals surface area (Å²) in [4.78, 5) is 7.08. The van der Waals surface area contributed by atoms with Gasteiger partial charge in [-0.3, -0.25) is 4.99 Å². The third-order valence-electron chi connectivity index (χ3n) is 4.26. The number of aryl methyl sites for hydroxylation is 2. The van der Waals surface area contributed by atoms with Crippen molar-refractivity contribution in [2.45, 2.75) is 58.7 Å². The number of aromatic nitrogens is 3. The second kappa shape index (κ2) is 7.79. The van der Waals surface area contributed by atoms with Crippen LogP contribution in [0, 0.1) is 6.92 Å². The molecule has 2 aromatic rings. The second-order valence-corrected chi connectivity index (χ2v) is 7.70. The smallest absolute Gasteiger partial charge is 0.191 e. The van der Waals surface area contributed by atoms with Crippen LogP contribution in [0.4, 0.5) is 0 Å². The lowest BCUT2D eigenvalue weighted by atomic mass is 10.2. The summed E-state index contributed by atoms with van der Waals surface area (Å²) in [6, 6.07) is 4.70. The van der Waals surface area contributed by atoms with Crippen LogP contribution in [-0.2, 0) is 25.9 Å². The molecule has 1 unspecified atom stereocenters. The molecule has 0 aromatic carbocycles. The molecule has 0 aliphatic carbocycles. The van der Waals surface area contributed by atoms with Gasteiger partial charge in [0.1, 0.15) is 5.82 Å². The fourth-order valence-electron chi connectivity index (χ4n) is 3.04. The van der Waals surface area contributed by atoms with Gasteiger partial charge >= 0.3 is 0 Å². The maximum absolute atomic E-state index is 4.33. The summed E-state index contributed by atoms with van der Waals surface area (Å²) in [5.74, 6) is 2.92. The van der Waals surface area contributed by atoms with Gasteiger partial charge in [0.15, 0.2) is 11.8 Å². The van der Waals surface area contributed by atoms with Crippen LogP contribution in [-0.4, -0.2) is 33.8 Å². The van der Waals surface area contributed by atoms with E-state index in [9.17, 15) is 0 Å². The highest BCUT2D eigenvalue weighted by molar-refractivity contribution is 7.11. The third kappa shape index (κ3) is 4.14. The molecule has 0 radical (unpaired) electrons. The zero-order valence-corrected chi connectivity index (χ0v) is 15.5. The quantitative estimate of drug-likeness (QED) is 0.644. The van der Waals surface area contributed by atoms with E-state index in [4.69, 9.17) is 0 Å². The van der Waals surface area contributed by atoms with E-state index in [-0.39, 0.29) is 0 Å². The van der Waals surface area contributed by atoms with Crippen LogP contribution < -0.4 is 10.6 Å². The van der Waals surface area contributed by atoms with Crippen molar-refractivity contribution in [3.63, 3.8) is 0 Å². The van der Waals surface area contributed by atoms with Gasteiger partial charge in [0.2, 0.25) is 0 Å². The normalized spacial score (nSPS) is 15.9. The highest BCUT2D eigenvalue weighted by Crippen LogP contribution is 2.17. The average molecular weight is 347 g/mol. The van der Waals surface area contributed by atoms with E-state index >= 15 is 0 Å². The molecule has 3 heterocycles. The first-order valence-corrected chi connectivity index (χ1v) is 9.41. The van der Waals surface area contributed by atoms with Crippen LogP contribution in [0.5, 0.6) is 0 Å². The van der Waals surface area contributed by atoms with Crippen LogP contribution >= 0.6 is 11.3 Å². The molecule has 0 bridgehead atoms. The predicted octanol–water partition coefficient (Wildman–Crippen LogP) is 2.28. The Morgan fingerprint density at radius 2 is 2.25 bits per heavy atom. The summed E-state index contributed by atoms with van der Waals surface area (Å²) in [7, 11) is 1.80. The molecule has 1 atom stereocenters. The Labute approximate surface area is 147 Å². The number of rotatable bonds is 5. The number of hydrogen-bond acceptors (Lipinski definition) is 4. The summed E-state index contributed by atoms with van der Waals surface area (Å²) in [6.07, 6.45) is 4.47. The first-order chi connectivity index (χ1) is 11.7. The van der Waals surface area contributed by atoms with Crippen LogP contribution in [0.1, 0.15) is 41.2 Å². The zero-order chi connectivity index (χ0) is 16.9. The van der Waals surface area contributed by atoms with E-state index in [1.807, 2.05) is 11.3 Å². The topological polar surface area (TPSA) is 67.1 Å². The Hall–Kier alpha value is -1.89. The molecule has 3 rings (SSSR count). The molecule has 6 nitrogen and oxygen atoms in total. The Bertz CT molecular complexity index is 702. The van der Waals surface area contributed by atoms with Crippen LogP contribution in [0.3, 0.4) is 0 Å². The molecule has 0 saturated carbocycles. The van der Waals surface area contributed by atoms with Gasteiger partial charge in [0, 0.05) is 42.2 Å². The Morgan fingerprint density at radius 1 is 1.38 bits per heavy atom. The highest BCUT2D eigenvalue weighted by atomic mass is 32.1. The third-order valence-corrected chi connectivity index (χ3v) is 5.28. The van der Waals surface area contributed by atoms with Crippen LogP contribution in [0.2, 0.25) is 0 Å². The number of nitrogens with one attached hydrogen (secondary N) is 2. The molecule has 2 N–H and O–H groups in total. The lowest BCUT2D eigenvalue weighted by molar-refractivity contribution is 0.504. The van der Waals surface area contributed by atoms with Crippen molar-refractivity contribution in [2.75, 3.05) is 7.05 Å². The number of fused-ring (bicyclic) bond motifs is 1. The van der Waals surface area contributed by atoms with Gasteiger partial charge < -0.3 is 15.2 Å². The van der Waals surface area contributed by atoms with Gasteiger partial charge in [0.25, 0.3) is 0 Å². The summed E-state index contributed by atoms with van der Waals surface area (Å²) in [6.45, 7) is 6.00. The molecule has 1 aliphatic rings. The van der Waals surface area contributed by atoms with Crippen molar-refractivity contribution in [3.05, 3.63) is 33.5 Å². The number of thiophene rings is 1. The number of aliphatic imine (C=N–C) groups is 1. The maximum Gasteiger partial charge on any atom is 0.191 e. The monoisotopic (exact) mass is 346 g/mol. The fraction of sp³-hybridized carbons (Fsp3) is 0.588. The van der Waals surface area contributed by atoms with Crippen molar-refractivity contribution in [2.24, 2.45) is 4.99 Å². The molecule has 0 fully saturated rings. The predicted molar refractivity (Wildman–Crippen MR) is 98.5 cm³/mol. The number of nitrogens with zero attached hydrogens (tertiary/aromatic N) is 4. The van der Waals surface area contributed by atoms with E-state index in [0.717, 1.165) is 37.0 Å². The summed E-state index contributed by atoms with van der Waals surface area (Å²) < 4.78 is 2.24. The molecule has 0 saturated heterocycles. The van der Waals surface area contributed by atoms with Gasteiger partial charge in [-0.2, -0.15) is 0 Å². The lowest BCUT2D eigenvalue weighted by Gasteiger charge is -2.18. The summed E-state index contributed by atoms with van der Waals surface area (Å²) >= 11 is 1.86. The SMILES string of the molecule is CN=C(NCc1nnc2n1CCCC2)NC(C)Cc1ccc(C)s1. The second-order valence-electron chi connectivity index (χ2n) is 6.33. The van der Waals surface area contributed by atoms with Crippen LogP contribution in [0.25, 0.3) is 0 Å². The van der Waals surface area contributed by atoms with E-state index in [1.54, 1.807) is 7.05 Å². The van der Waals surface area contributed by atoms with Crippen molar-refractivity contribution >= 4 is 17.3 Å². The average Bonchev–Trinajstić information content (AvgIpc) is 3.17. The summed E-state index contributed by atoms with van der Waals surface area (Å²) in [5, 5.41) is 15.4. The highest BCUT2D eigenvalue weighted by Gasteiger charge is 2.16. The first-order valence-electron chi connectivity index (χ1n) is 8.59. The van der Waals surface area contributed by atoms with E-state index in [1.165, 1.54) is 22.6 Å². The zero-order valence-electron chi connectivity index (χ0n) is 14.7. The molecule has 7 heteroatoms. The van der Waals surface area contributed by atoms with Gasteiger partial charge in [-0.1, -0.05) is 0 Å². The largest absolute Gasteiger partial charge is 0.354 e. The van der Waals surface area contributed by atoms with Gasteiger partial charge in [-0.05, 0) is 38.8 Å². The fourth-order valence-corrected chi connectivity index (χ4v) is 4.06. The number of guanidine groups is 1. The standard InChI is InChI=1S/C17H26N6S/c1-12(10-14-8-7-13(2)24-14)20-17(18-3)19-11-16-22-21-15-6-4-5-9-23(15)16/h7-8,12H,4-6,9-11H2,1-3H3,(H2,18,19,20). The molecular weight excluding hydrogens is 320 g/mol. The molecule has 1 aliphatic heterocycles. The van der Waals surface area contributed by atoms with Gasteiger partial charge in [-0.25, -0.2) is 0 Å². The van der Waals surface area contributed by atoms with E-state index in [2.05, 4.69) is 56.4 Å². The van der Waals surface area contributed by atoms with Crippen molar-refractivity contribution in [1.82, 2.24) is 25.4 Å². The van der Waals surface area contributed by atoms with Crippen molar-refractivity contribution in [3.8, 4) is 0 Å². The molecule has 24 heavy (non-hydrogen) atoms. The minimum atomic E-state index is 0.321. The minimum absolute atomic E-state index is 0.321. The van der Waals surface area contributed by atoms with Crippen molar-refractivity contribution in [1.29, 1.82) is 0 Å². The van der Waals surface area contributed by atoms with Gasteiger partial charge in [-0.15, -0.1) is 21.5 Å². The van der Waals surface area contributed by atoms with Crippen LogP contribution in [0.15, 0.2) is 17.1 Å². The molecular formula is C17H26N6S. The Morgan fingerprint density at radius 3 is 3.00 bits per heavy atom. The molecule has 130 valence electrons. The minimum Gasteiger partial charge on any atom is -0.354 e. The van der Waals surface area contributed by atoms with E-state index in [0.29, 0.717) is 12.6 Å². The lowest BCUT2D eigenvalue weighted by Crippen LogP contribution is -2.43. The molecule has 2 aromatic heterocycles. The maximum atomic E-state index is 4.33. The first kappa shape index (κ1) is 17.0. The molecule has 0 amide bonds. The number of hydrogen-bond donors (Lipinski definition) is 2. The Balaban J connectivity index is 1.52. The van der Waals surface area contributed by atoms with Crippen molar-refractivity contribution < 1.29 is 0 Å².